The van der Waals surface area contributed by atoms with Crippen LogP contribution in [-0.4, -0.2) is 39.9 Å². The maximum absolute atomic E-state index is 5.49. The van der Waals surface area contributed by atoms with Crippen molar-refractivity contribution in [1.29, 1.82) is 0 Å². The van der Waals surface area contributed by atoms with Gasteiger partial charge in [-0.05, 0) is 68.9 Å². The summed E-state index contributed by atoms with van der Waals surface area (Å²) in [6.07, 6.45) is 8.00. The van der Waals surface area contributed by atoms with Gasteiger partial charge >= 0.3 is 0 Å². The first-order valence-electron chi connectivity index (χ1n) is 9.91. The lowest BCUT2D eigenvalue weighted by Crippen LogP contribution is -2.32. The number of benzene rings is 1. The second kappa shape index (κ2) is 7.76. The summed E-state index contributed by atoms with van der Waals surface area (Å²) >= 11 is 0. The van der Waals surface area contributed by atoms with Crippen LogP contribution >= 0.6 is 0 Å². The molecule has 4 rings (SSSR count). The zero-order valence-corrected chi connectivity index (χ0v) is 17.0. The summed E-state index contributed by atoms with van der Waals surface area (Å²) < 4.78 is 7.33. The summed E-state index contributed by atoms with van der Waals surface area (Å²) in [5, 5.41) is 6.75. The van der Waals surface area contributed by atoms with E-state index < -0.39 is 0 Å². The molecule has 1 fully saturated rings. The highest BCUT2D eigenvalue weighted by atomic mass is 16.5. The Balaban J connectivity index is 1.45. The number of methoxy groups -OCH3 is 1. The fraction of sp³-hybridized carbons (Fsp3) is 0.391. The van der Waals surface area contributed by atoms with Gasteiger partial charge < -0.3 is 4.74 Å². The van der Waals surface area contributed by atoms with Gasteiger partial charge in [0, 0.05) is 47.2 Å². The first-order valence-corrected chi connectivity index (χ1v) is 9.91. The zero-order chi connectivity index (χ0) is 19.7. The number of nitrogens with zero attached hydrogens (tertiary/aromatic N) is 4. The summed E-state index contributed by atoms with van der Waals surface area (Å²) in [5.41, 5.74) is 4.81. The van der Waals surface area contributed by atoms with Crippen molar-refractivity contribution in [2.45, 2.75) is 39.2 Å². The van der Waals surface area contributed by atoms with Crippen LogP contribution in [0.2, 0.25) is 0 Å². The summed E-state index contributed by atoms with van der Waals surface area (Å²) in [6.45, 7) is 11.1. The Morgan fingerprint density at radius 3 is 2.61 bits per heavy atom. The maximum atomic E-state index is 5.49. The van der Waals surface area contributed by atoms with E-state index in [4.69, 9.17) is 9.72 Å². The SMILES string of the molecule is C=Cn1ncc(CN2CCC(c3cc4cc(OC)c(C)cc4cn3)CC2)c1C. The topological polar surface area (TPSA) is 43.2 Å². The third kappa shape index (κ3) is 3.54. The van der Waals surface area contributed by atoms with Gasteiger partial charge in [-0.2, -0.15) is 5.10 Å². The minimum atomic E-state index is 0.518. The number of fused-ring (bicyclic) bond motifs is 1. The molecule has 0 bridgehead atoms. The van der Waals surface area contributed by atoms with Gasteiger partial charge in [-0.1, -0.05) is 6.58 Å². The van der Waals surface area contributed by atoms with Gasteiger partial charge in [0.2, 0.25) is 0 Å². The summed E-state index contributed by atoms with van der Waals surface area (Å²) in [4.78, 5) is 7.30. The minimum absolute atomic E-state index is 0.518. The molecule has 0 N–H and O–H groups in total. The van der Waals surface area contributed by atoms with Crippen LogP contribution in [0.25, 0.3) is 17.0 Å². The van der Waals surface area contributed by atoms with E-state index in [1.165, 1.54) is 27.7 Å². The Bertz CT molecular complexity index is 999. The van der Waals surface area contributed by atoms with Crippen molar-refractivity contribution < 1.29 is 4.74 Å². The highest BCUT2D eigenvalue weighted by Crippen LogP contribution is 2.31. The Labute approximate surface area is 166 Å². The van der Waals surface area contributed by atoms with Crippen LogP contribution in [0, 0.1) is 13.8 Å². The van der Waals surface area contributed by atoms with Crippen molar-refractivity contribution in [3.63, 3.8) is 0 Å². The molecule has 0 aliphatic carbocycles. The summed E-state index contributed by atoms with van der Waals surface area (Å²) in [7, 11) is 1.73. The van der Waals surface area contributed by atoms with Gasteiger partial charge in [-0.3, -0.25) is 9.88 Å². The fourth-order valence-corrected chi connectivity index (χ4v) is 4.17. The van der Waals surface area contributed by atoms with Crippen molar-refractivity contribution in [1.82, 2.24) is 19.7 Å². The molecular weight excluding hydrogens is 348 g/mol. The predicted molar refractivity (Wildman–Crippen MR) is 114 cm³/mol. The molecule has 28 heavy (non-hydrogen) atoms. The summed E-state index contributed by atoms with van der Waals surface area (Å²) in [6, 6.07) is 6.53. The van der Waals surface area contributed by atoms with Crippen LogP contribution in [0.4, 0.5) is 0 Å². The van der Waals surface area contributed by atoms with Gasteiger partial charge in [0.05, 0.1) is 13.3 Å². The molecule has 5 nitrogen and oxygen atoms in total. The van der Waals surface area contributed by atoms with Crippen LogP contribution in [0.15, 0.2) is 37.2 Å². The first-order chi connectivity index (χ1) is 13.6. The lowest BCUT2D eigenvalue weighted by Gasteiger charge is -2.31. The third-order valence-electron chi connectivity index (χ3n) is 5.98. The minimum Gasteiger partial charge on any atom is -0.496 e. The van der Waals surface area contributed by atoms with Gasteiger partial charge in [0.15, 0.2) is 0 Å². The van der Waals surface area contributed by atoms with Gasteiger partial charge in [0.25, 0.3) is 0 Å². The van der Waals surface area contributed by atoms with Crippen LogP contribution in [-0.2, 0) is 6.54 Å². The standard InChI is InChI=1S/C23H28N4O/c1-5-27-17(3)21(14-25-27)15-26-8-6-18(7-9-26)22-11-19-12-23(28-4)16(2)10-20(19)13-24-22/h5,10-14,18H,1,6-9,15H2,2-4H3. The Morgan fingerprint density at radius 1 is 1.14 bits per heavy atom. The molecule has 0 unspecified atom stereocenters. The highest BCUT2D eigenvalue weighted by Gasteiger charge is 2.23. The molecule has 1 saturated heterocycles. The number of aryl methyl sites for hydroxylation is 1. The molecule has 1 aliphatic heterocycles. The van der Waals surface area contributed by atoms with Crippen LogP contribution < -0.4 is 4.74 Å². The zero-order valence-electron chi connectivity index (χ0n) is 17.0. The molecule has 0 saturated carbocycles. The van der Waals surface area contributed by atoms with Crippen LogP contribution in [0.3, 0.4) is 0 Å². The molecule has 0 spiro atoms. The Hall–Kier alpha value is -2.66. The maximum Gasteiger partial charge on any atom is 0.122 e. The molecule has 0 atom stereocenters. The number of rotatable bonds is 5. The van der Waals surface area contributed by atoms with Gasteiger partial charge in [-0.15, -0.1) is 0 Å². The smallest absolute Gasteiger partial charge is 0.122 e. The molecule has 146 valence electrons. The normalized spacial score (nSPS) is 15.8. The molecule has 5 heteroatoms. The van der Waals surface area contributed by atoms with Crippen molar-refractivity contribution in [3.8, 4) is 5.75 Å². The van der Waals surface area contributed by atoms with E-state index in [1.54, 1.807) is 13.3 Å². The van der Waals surface area contributed by atoms with E-state index in [0.717, 1.165) is 43.8 Å². The average molecular weight is 377 g/mol. The van der Waals surface area contributed by atoms with E-state index in [-0.39, 0.29) is 0 Å². The number of hydrogen-bond acceptors (Lipinski definition) is 4. The second-order valence-corrected chi connectivity index (χ2v) is 7.71. The largest absolute Gasteiger partial charge is 0.496 e. The highest BCUT2D eigenvalue weighted by molar-refractivity contribution is 5.84. The molecule has 3 heterocycles. The second-order valence-electron chi connectivity index (χ2n) is 7.71. The monoisotopic (exact) mass is 376 g/mol. The van der Waals surface area contributed by atoms with E-state index >= 15 is 0 Å². The number of hydrogen-bond donors (Lipinski definition) is 0. The van der Waals surface area contributed by atoms with Gasteiger partial charge in [-0.25, -0.2) is 4.68 Å². The molecule has 1 aliphatic rings. The lowest BCUT2D eigenvalue weighted by atomic mass is 9.92. The lowest BCUT2D eigenvalue weighted by molar-refractivity contribution is 0.203. The van der Waals surface area contributed by atoms with E-state index in [2.05, 4.69) is 48.6 Å². The van der Waals surface area contributed by atoms with Gasteiger partial charge in [0.1, 0.15) is 5.75 Å². The van der Waals surface area contributed by atoms with Crippen molar-refractivity contribution in [3.05, 3.63) is 59.7 Å². The number of pyridine rings is 1. The van der Waals surface area contributed by atoms with Crippen molar-refractivity contribution >= 4 is 17.0 Å². The summed E-state index contributed by atoms with van der Waals surface area (Å²) in [5.74, 6) is 1.46. The molecule has 2 aromatic heterocycles. The van der Waals surface area contributed by atoms with Crippen molar-refractivity contribution in [2.24, 2.45) is 0 Å². The molecule has 1 aromatic carbocycles. The Morgan fingerprint density at radius 2 is 1.93 bits per heavy atom. The number of ether oxygens (including phenoxy) is 1. The van der Waals surface area contributed by atoms with E-state index in [9.17, 15) is 0 Å². The Kier molecular flexibility index (Phi) is 5.18. The average Bonchev–Trinajstić information content (AvgIpc) is 3.07. The predicted octanol–water partition coefficient (Wildman–Crippen LogP) is 4.54. The third-order valence-corrected chi connectivity index (χ3v) is 5.98. The molecule has 3 aromatic rings. The van der Waals surface area contributed by atoms with E-state index in [1.807, 2.05) is 17.1 Å². The van der Waals surface area contributed by atoms with E-state index in [0.29, 0.717) is 5.92 Å². The van der Waals surface area contributed by atoms with Crippen LogP contribution in [0.1, 0.15) is 41.3 Å². The van der Waals surface area contributed by atoms with Crippen LogP contribution in [0.5, 0.6) is 5.75 Å². The van der Waals surface area contributed by atoms with Crippen molar-refractivity contribution in [2.75, 3.05) is 20.2 Å². The first kappa shape index (κ1) is 18.7. The quantitative estimate of drug-likeness (QED) is 0.656. The molecular formula is C23H28N4O. The number of piperidine rings is 1. The number of likely N-dealkylation sites (tertiary alicyclic amines) is 1. The fourth-order valence-electron chi connectivity index (χ4n) is 4.17. The molecule has 0 radical (unpaired) electrons. The number of aromatic nitrogens is 3. The molecule has 0 amide bonds.